The van der Waals surface area contributed by atoms with Crippen molar-refractivity contribution in [3.05, 3.63) is 29.8 Å². The molecule has 4 nitrogen and oxygen atoms in total. The summed E-state index contributed by atoms with van der Waals surface area (Å²) >= 11 is 0. The Morgan fingerprint density at radius 2 is 1.94 bits per heavy atom. The summed E-state index contributed by atoms with van der Waals surface area (Å²) in [5.74, 6) is 0.202. The Morgan fingerprint density at radius 3 is 2.44 bits per heavy atom. The van der Waals surface area contributed by atoms with E-state index >= 15 is 0 Å². The van der Waals surface area contributed by atoms with Gasteiger partial charge in [-0.05, 0) is 37.1 Å². The van der Waals surface area contributed by atoms with Gasteiger partial charge in [-0.25, -0.2) is 0 Å². The van der Waals surface area contributed by atoms with Crippen LogP contribution in [0.5, 0.6) is 5.75 Å². The summed E-state index contributed by atoms with van der Waals surface area (Å²) in [6.07, 6.45) is 3.44. The van der Waals surface area contributed by atoms with E-state index in [4.69, 9.17) is 5.11 Å². The van der Waals surface area contributed by atoms with Crippen LogP contribution >= 0.6 is 0 Å². The summed E-state index contributed by atoms with van der Waals surface area (Å²) in [7, 11) is 0. The lowest BCUT2D eigenvalue weighted by atomic mass is 9.91. The van der Waals surface area contributed by atoms with E-state index in [1.54, 1.807) is 12.1 Å². The highest BCUT2D eigenvalue weighted by atomic mass is 16.3. The third kappa shape index (κ3) is 3.09. The lowest BCUT2D eigenvalue weighted by Gasteiger charge is -2.36. The summed E-state index contributed by atoms with van der Waals surface area (Å²) in [6.45, 7) is 0.976. The van der Waals surface area contributed by atoms with Crippen LogP contribution in [0.15, 0.2) is 24.3 Å². The molecule has 0 spiro atoms. The molecular formula is C14H19NO3. The summed E-state index contributed by atoms with van der Waals surface area (Å²) in [4.78, 5) is 14.1. The van der Waals surface area contributed by atoms with Crippen molar-refractivity contribution in [2.24, 2.45) is 0 Å². The van der Waals surface area contributed by atoms with Crippen LogP contribution in [-0.2, 0) is 0 Å². The molecule has 1 fully saturated rings. The molecule has 0 amide bonds. The first kappa shape index (κ1) is 13.1. The Labute approximate surface area is 107 Å². The number of benzene rings is 1. The number of aliphatic hydroxyl groups excluding tert-OH is 1. The van der Waals surface area contributed by atoms with Gasteiger partial charge in [-0.1, -0.05) is 6.42 Å². The summed E-state index contributed by atoms with van der Waals surface area (Å²) in [5.41, 5.74) is 0.607. The fourth-order valence-corrected chi connectivity index (χ4v) is 2.19. The number of carbonyl (C=O) groups is 1. The molecule has 0 aliphatic heterocycles. The minimum absolute atomic E-state index is 0.0374. The molecule has 1 saturated carbocycles. The van der Waals surface area contributed by atoms with Crippen molar-refractivity contribution in [3.63, 3.8) is 0 Å². The number of phenolic OH excluding ortho intramolecular Hbond substituents is 1. The Morgan fingerprint density at radius 1 is 1.28 bits per heavy atom. The van der Waals surface area contributed by atoms with Crippen LogP contribution in [0.4, 0.5) is 0 Å². The van der Waals surface area contributed by atoms with Gasteiger partial charge in [0.05, 0.1) is 13.2 Å². The monoisotopic (exact) mass is 249 g/mol. The van der Waals surface area contributed by atoms with Crippen molar-refractivity contribution in [1.82, 2.24) is 4.90 Å². The van der Waals surface area contributed by atoms with Crippen molar-refractivity contribution in [2.75, 3.05) is 19.7 Å². The van der Waals surface area contributed by atoms with Gasteiger partial charge in [0.15, 0.2) is 5.78 Å². The Bertz CT molecular complexity index is 398. The molecular weight excluding hydrogens is 230 g/mol. The summed E-state index contributed by atoms with van der Waals surface area (Å²) in [6, 6.07) is 6.75. The van der Waals surface area contributed by atoms with Gasteiger partial charge in [-0.3, -0.25) is 9.69 Å². The van der Waals surface area contributed by atoms with Crippen LogP contribution in [-0.4, -0.2) is 46.6 Å². The first-order valence-electron chi connectivity index (χ1n) is 6.38. The molecule has 0 heterocycles. The van der Waals surface area contributed by atoms with Crippen LogP contribution in [0, 0.1) is 0 Å². The Kier molecular flexibility index (Phi) is 4.33. The van der Waals surface area contributed by atoms with E-state index in [1.807, 2.05) is 0 Å². The molecule has 1 aliphatic carbocycles. The second-order valence-electron chi connectivity index (χ2n) is 4.75. The fourth-order valence-electron chi connectivity index (χ4n) is 2.19. The van der Waals surface area contributed by atoms with E-state index in [2.05, 4.69) is 4.90 Å². The fraction of sp³-hybridized carbons (Fsp3) is 0.500. The van der Waals surface area contributed by atoms with E-state index < -0.39 is 0 Å². The molecule has 0 aromatic heterocycles. The number of hydrogen-bond donors (Lipinski definition) is 2. The van der Waals surface area contributed by atoms with E-state index in [-0.39, 0.29) is 18.1 Å². The molecule has 2 N–H and O–H groups in total. The van der Waals surface area contributed by atoms with Gasteiger partial charge in [-0.2, -0.15) is 0 Å². The van der Waals surface area contributed by atoms with Gasteiger partial charge < -0.3 is 10.2 Å². The van der Waals surface area contributed by atoms with Crippen LogP contribution in [0.2, 0.25) is 0 Å². The number of aliphatic hydroxyl groups is 1. The maximum absolute atomic E-state index is 12.1. The molecule has 0 unspecified atom stereocenters. The topological polar surface area (TPSA) is 60.8 Å². The van der Waals surface area contributed by atoms with Crippen LogP contribution in [0.1, 0.15) is 29.6 Å². The van der Waals surface area contributed by atoms with Crippen LogP contribution < -0.4 is 0 Å². The first-order chi connectivity index (χ1) is 8.70. The number of hydrogen-bond acceptors (Lipinski definition) is 4. The molecule has 1 aromatic carbocycles. The molecule has 1 aliphatic rings. The van der Waals surface area contributed by atoms with Gasteiger partial charge in [0.2, 0.25) is 0 Å². The number of carbonyl (C=O) groups excluding carboxylic acids is 1. The number of rotatable bonds is 6. The van der Waals surface area contributed by atoms with Crippen molar-refractivity contribution in [2.45, 2.75) is 25.3 Å². The van der Waals surface area contributed by atoms with E-state index in [0.29, 0.717) is 24.7 Å². The summed E-state index contributed by atoms with van der Waals surface area (Å²) in [5, 5.41) is 18.2. The van der Waals surface area contributed by atoms with Crippen LogP contribution in [0.25, 0.3) is 0 Å². The predicted molar refractivity (Wildman–Crippen MR) is 68.7 cm³/mol. The quantitative estimate of drug-likeness (QED) is 0.749. The molecule has 4 heteroatoms. The van der Waals surface area contributed by atoms with Gasteiger partial charge >= 0.3 is 0 Å². The average Bonchev–Trinajstić information content (AvgIpc) is 2.27. The average molecular weight is 249 g/mol. The zero-order valence-electron chi connectivity index (χ0n) is 10.4. The third-order valence-electron chi connectivity index (χ3n) is 3.51. The second-order valence-corrected chi connectivity index (χ2v) is 4.75. The lowest BCUT2D eigenvalue weighted by molar-refractivity contribution is 0.0747. The van der Waals surface area contributed by atoms with Crippen molar-refractivity contribution in [3.8, 4) is 5.75 Å². The van der Waals surface area contributed by atoms with Crippen molar-refractivity contribution < 1.29 is 15.0 Å². The predicted octanol–water partition coefficient (Wildman–Crippen LogP) is 1.42. The minimum Gasteiger partial charge on any atom is -0.508 e. The Hall–Kier alpha value is -1.39. The zero-order chi connectivity index (χ0) is 13.0. The highest BCUT2D eigenvalue weighted by Crippen LogP contribution is 2.24. The van der Waals surface area contributed by atoms with E-state index in [9.17, 15) is 9.90 Å². The maximum atomic E-state index is 12.1. The number of phenols is 1. The largest absolute Gasteiger partial charge is 0.508 e. The molecule has 18 heavy (non-hydrogen) atoms. The number of nitrogens with zero attached hydrogens (tertiary/aromatic N) is 1. The minimum atomic E-state index is 0.0374. The van der Waals surface area contributed by atoms with Gasteiger partial charge in [0, 0.05) is 18.2 Å². The van der Waals surface area contributed by atoms with Gasteiger partial charge in [0.1, 0.15) is 5.75 Å². The maximum Gasteiger partial charge on any atom is 0.176 e. The van der Waals surface area contributed by atoms with E-state index in [1.165, 1.54) is 18.6 Å². The normalized spacial score (nSPS) is 15.7. The SMILES string of the molecule is O=C(CN(CCO)C1CCC1)c1ccc(O)cc1. The molecule has 0 atom stereocenters. The van der Waals surface area contributed by atoms with E-state index in [0.717, 1.165) is 12.8 Å². The number of ketones is 1. The molecule has 0 bridgehead atoms. The van der Waals surface area contributed by atoms with Gasteiger partial charge in [-0.15, -0.1) is 0 Å². The molecule has 0 saturated heterocycles. The first-order valence-corrected chi connectivity index (χ1v) is 6.38. The second kappa shape index (κ2) is 5.98. The molecule has 2 rings (SSSR count). The third-order valence-corrected chi connectivity index (χ3v) is 3.51. The number of aromatic hydroxyl groups is 1. The smallest absolute Gasteiger partial charge is 0.176 e. The molecule has 98 valence electrons. The molecule has 1 aromatic rings. The van der Waals surface area contributed by atoms with Crippen LogP contribution in [0.3, 0.4) is 0 Å². The van der Waals surface area contributed by atoms with Crippen molar-refractivity contribution in [1.29, 1.82) is 0 Å². The van der Waals surface area contributed by atoms with Crippen molar-refractivity contribution >= 4 is 5.78 Å². The summed E-state index contributed by atoms with van der Waals surface area (Å²) < 4.78 is 0. The zero-order valence-corrected chi connectivity index (χ0v) is 10.4. The standard InChI is InChI=1S/C14H19NO3/c16-9-8-15(12-2-1-3-12)10-14(18)11-4-6-13(17)7-5-11/h4-7,12,16-17H,1-3,8-10H2. The highest BCUT2D eigenvalue weighted by molar-refractivity contribution is 5.97. The lowest BCUT2D eigenvalue weighted by Crippen LogP contribution is -2.44. The Balaban J connectivity index is 1.97. The number of Topliss-reactive ketones (excluding diaryl/α,β-unsaturated/α-hetero) is 1. The molecule has 0 radical (unpaired) electrons. The van der Waals surface area contributed by atoms with Gasteiger partial charge in [0.25, 0.3) is 0 Å². The highest BCUT2D eigenvalue weighted by Gasteiger charge is 2.26.